The minimum atomic E-state index is -4.78. The van der Waals surface area contributed by atoms with Crippen LogP contribution < -0.4 is 4.72 Å². The van der Waals surface area contributed by atoms with Crippen molar-refractivity contribution >= 4 is 33.0 Å². The summed E-state index contributed by atoms with van der Waals surface area (Å²) in [5.41, 5.74) is 0.0951. The van der Waals surface area contributed by atoms with Crippen LogP contribution in [-0.2, 0) is 34.1 Å². The first-order chi connectivity index (χ1) is 19.2. The first kappa shape index (κ1) is 30.3. The lowest BCUT2D eigenvalue weighted by Crippen LogP contribution is -2.37. The molecule has 0 spiro atoms. The SMILES string of the molecule is CCn1cc(-c2cc(NS(C)(=O)=O)ccc2C2CN(C(=O)/C=C/CN(C)C)Cc3sc(C#N)cc32)c(C(F)(F)F)n1. The van der Waals surface area contributed by atoms with Gasteiger partial charge in [-0.3, -0.25) is 14.2 Å². The van der Waals surface area contributed by atoms with Gasteiger partial charge in [0.15, 0.2) is 5.69 Å². The van der Waals surface area contributed by atoms with Crippen LogP contribution in [0.1, 0.15) is 39.4 Å². The molecule has 0 saturated heterocycles. The molecule has 0 aliphatic carbocycles. The second-order valence-corrected chi connectivity index (χ2v) is 12.8. The van der Waals surface area contributed by atoms with Crippen LogP contribution in [-0.4, -0.2) is 67.3 Å². The summed E-state index contributed by atoms with van der Waals surface area (Å²) in [5, 5.41) is 13.3. The Kier molecular flexibility index (Phi) is 8.62. The lowest BCUT2D eigenvalue weighted by molar-refractivity contribution is -0.141. The Morgan fingerprint density at radius 3 is 2.61 bits per heavy atom. The van der Waals surface area contributed by atoms with Crippen molar-refractivity contribution in [2.45, 2.75) is 32.1 Å². The number of sulfonamides is 1. The fourth-order valence-corrected chi connectivity index (χ4v) is 6.33. The zero-order chi connectivity index (χ0) is 30.1. The number of nitrogens with zero attached hydrogens (tertiary/aromatic N) is 5. The van der Waals surface area contributed by atoms with E-state index in [4.69, 9.17) is 0 Å². The van der Waals surface area contributed by atoms with Gasteiger partial charge in [0.2, 0.25) is 15.9 Å². The molecule has 4 rings (SSSR count). The Morgan fingerprint density at radius 2 is 2.00 bits per heavy atom. The average molecular weight is 607 g/mol. The van der Waals surface area contributed by atoms with Crippen LogP contribution in [0, 0.1) is 11.3 Å². The molecule has 1 atom stereocenters. The lowest BCUT2D eigenvalue weighted by Gasteiger charge is -2.33. The van der Waals surface area contributed by atoms with Crippen LogP contribution in [0.3, 0.4) is 0 Å². The van der Waals surface area contributed by atoms with Crippen LogP contribution in [0.15, 0.2) is 42.6 Å². The standard InChI is InChI=1S/C27H29F3N6O3S2/c1-5-36-15-23(26(32-36)27(28,29)30)20-11-17(33-41(4,38)39)8-9-19(20)22-14-35(25(37)7-6-10-34(2)3)16-24-21(22)12-18(13-31)40-24/h6-9,11-12,15,22,33H,5,10,14,16H2,1-4H3/b7-6+. The molecule has 3 heterocycles. The summed E-state index contributed by atoms with van der Waals surface area (Å²) in [6, 6.07) is 8.24. The van der Waals surface area contributed by atoms with E-state index in [9.17, 15) is 31.6 Å². The van der Waals surface area contributed by atoms with Crippen molar-refractivity contribution < 1.29 is 26.4 Å². The molecule has 9 nitrogen and oxygen atoms in total. The molecule has 0 bridgehead atoms. The number of carbonyl (C=O) groups excluding carboxylic acids is 1. The van der Waals surface area contributed by atoms with Crippen LogP contribution >= 0.6 is 11.3 Å². The van der Waals surface area contributed by atoms with Crippen molar-refractivity contribution in [3.8, 4) is 17.2 Å². The van der Waals surface area contributed by atoms with E-state index in [0.29, 0.717) is 17.0 Å². The number of nitriles is 1. The Bertz CT molecular complexity index is 1630. The second-order valence-electron chi connectivity index (χ2n) is 9.96. The molecule has 1 unspecified atom stereocenters. The zero-order valence-electron chi connectivity index (χ0n) is 22.9. The number of hydrogen-bond acceptors (Lipinski definition) is 7. The van der Waals surface area contributed by atoms with Gasteiger partial charge in [-0.15, -0.1) is 11.3 Å². The van der Waals surface area contributed by atoms with Crippen LogP contribution in [0.5, 0.6) is 0 Å². The van der Waals surface area contributed by atoms with Crippen molar-refractivity contribution in [3.05, 3.63) is 69.2 Å². The summed E-state index contributed by atoms with van der Waals surface area (Å²) in [4.78, 5) is 17.8. The second kappa shape index (κ2) is 11.7. The van der Waals surface area contributed by atoms with Crippen LogP contribution in [0.4, 0.5) is 18.9 Å². The Hall–Kier alpha value is -3.67. The summed E-state index contributed by atoms with van der Waals surface area (Å²) in [6.07, 6.45) is 0.658. The van der Waals surface area contributed by atoms with Gasteiger partial charge < -0.3 is 9.80 Å². The number of fused-ring (bicyclic) bond motifs is 1. The van der Waals surface area contributed by atoms with E-state index in [0.717, 1.165) is 16.7 Å². The molecule has 1 amide bonds. The number of likely N-dealkylation sites (N-methyl/N-ethyl adjacent to an activating group) is 1. The first-order valence-corrected chi connectivity index (χ1v) is 15.3. The quantitative estimate of drug-likeness (QED) is 0.379. The van der Waals surface area contributed by atoms with Gasteiger partial charge in [0.05, 0.1) is 12.8 Å². The highest BCUT2D eigenvalue weighted by Crippen LogP contribution is 2.45. The normalized spacial score (nSPS) is 15.8. The number of anilines is 1. The molecule has 1 aliphatic rings. The number of nitrogens with one attached hydrogen (secondary N) is 1. The maximum atomic E-state index is 14.2. The summed E-state index contributed by atoms with van der Waals surface area (Å²) in [5.74, 6) is -0.849. The zero-order valence-corrected chi connectivity index (χ0v) is 24.5. The third kappa shape index (κ3) is 6.98. The number of alkyl halides is 3. The molecular formula is C27H29F3N6O3S2. The molecule has 14 heteroatoms. The Labute approximate surface area is 240 Å². The van der Waals surface area contributed by atoms with Crippen molar-refractivity contribution in [3.63, 3.8) is 0 Å². The number of thiophene rings is 1. The van der Waals surface area contributed by atoms with Crippen molar-refractivity contribution in [1.82, 2.24) is 19.6 Å². The smallest absolute Gasteiger partial charge is 0.333 e. The highest BCUT2D eigenvalue weighted by atomic mass is 32.2. The third-order valence-electron chi connectivity index (χ3n) is 6.48. The molecule has 1 N–H and O–H groups in total. The van der Waals surface area contributed by atoms with Gasteiger partial charge in [-0.05, 0) is 55.9 Å². The van der Waals surface area contributed by atoms with Gasteiger partial charge >= 0.3 is 6.18 Å². The molecule has 1 aromatic carbocycles. The molecule has 0 saturated carbocycles. The summed E-state index contributed by atoms with van der Waals surface area (Å²) < 4.78 is 70.0. The molecule has 0 fully saturated rings. The molecule has 1 aliphatic heterocycles. The van der Waals surface area contributed by atoms with E-state index in [1.807, 2.05) is 19.0 Å². The monoisotopic (exact) mass is 606 g/mol. The number of carbonyl (C=O) groups is 1. The molecule has 41 heavy (non-hydrogen) atoms. The number of benzene rings is 1. The van der Waals surface area contributed by atoms with Gasteiger partial charge in [-0.25, -0.2) is 8.42 Å². The molecule has 218 valence electrons. The fraction of sp³-hybridized carbons (Fsp3) is 0.370. The number of halogens is 3. The maximum Gasteiger partial charge on any atom is 0.435 e. The van der Waals surface area contributed by atoms with Crippen molar-refractivity contribution in [1.29, 1.82) is 5.26 Å². The Balaban J connectivity index is 1.91. The highest BCUT2D eigenvalue weighted by molar-refractivity contribution is 7.92. The number of hydrogen-bond donors (Lipinski definition) is 1. The average Bonchev–Trinajstić information content (AvgIpc) is 3.51. The van der Waals surface area contributed by atoms with E-state index in [-0.39, 0.29) is 42.4 Å². The number of rotatable bonds is 8. The van der Waals surface area contributed by atoms with E-state index >= 15 is 0 Å². The fourth-order valence-electron chi connectivity index (χ4n) is 4.74. The molecule has 0 radical (unpaired) electrons. The van der Waals surface area contributed by atoms with Gasteiger partial charge in [-0.1, -0.05) is 12.1 Å². The maximum absolute atomic E-state index is 14.2. The minimum absolute atomic E-state index is 0.0854. The Morgan fingerprint density at radius 1 is 1.27 bits per heavy atom. The largest absolute Gasteiger partial charge is 0.435 e. The van der Waals surface area contributed by atoms with Gasteiger partial charge in [0.1, 0.15) is 10.9 Å². The van der Waals surface area contributed by atoms with E-state index in [1.54, 1.807) is 30.0 Å². The van der Waals surface area contributed by atoms with E-state index in [2.05, 4.69) is 15.9 Å². The summed E-state index contributed by atoms with van der Waals surface area (Å²) >= 11 is 1.24. The topological polar surface area (TPSA) is 111 Å². The van der Waals surface area contributed by atoms with E-state index < -0.39 is 27.8 Å². The minimum Gasteiger partial charge on any atom is -0.333 e. The number of aryl methyl sites for hydroxylation is 1. The number of amides is 1. The van der Waals surface area contributed by atoms with Crippen molar-refractivity contribution in [2.75, 3.05) is 38.2 Å². The van der Waals surface area contributed by atoms with Crippen LogP contribution in [0.25, 0.3) is 11.1 Å². The third-order valence-corrected chi connectivity index (χ3v) is 8.13. The number of aromatic nitrogens is 2. The molecule has 2 aromatic heterocycles. The predicted octanol–water partition coefficient (Wildman–Crippen LogP) is 4.49. The van der Waals surface area contributed by atoms with Gasteiger partial charge in [0.25, 0.3) is 0 Å². The van der Waals surface area contributed by atoms with Gasteiger partial charge in [-0.2, -0.15) is 23.5 Å². The first-order valence-electron chi connectivity index (χ1n) is 12.6. The van der Waals surface area contributed by atoms with E-state index in [1.165, 1.54) is 40.4 Å². The highest BCUT2D eigenvalue weighted by Gasteiger charge is 2.39. The molecule has 3 aromatic rings. The lowest BCUT2D eigenvalue weighted by atomic mass is 9.83. The summed E-state index contributed by atoms with van der Waals surface area (Å²) in [6.45, 7) is 2.80. The predicted molar refractivity (Wildman–Crippen MR) is 151 cm³/mol. The van der Waals surface area contributed by atoms with Crippen molar-refractivity contribution in [2.24, 2.45) is 0 Å². The van der Waals surface area contributed by atoms with Crippen LogP contribution in [0.2, 0.25) is 0 Å². The molecular weight excluding hydrogens is 577 g/mol. The summed E-state index contributed by atoms with van der Waals surface area (Å²) in [7, 11) is 0.00872. The van der Waals surface area contributed by atoms with Gasteiger partial charge in [0, 0.05) is 54.0 Å².